The summed E-state index contributed by atoms with van der Waals surface area (Å²) < 4.78 is 17.5. The standard InChI is InChI=1S/C21H35O3P/c1-3-5-6-7-8-9-10-11-12-13-16-20-17-14-15-18-21(20)25(22,23)24-19-4-2/h4,14-15,17-18H,2-3,5-13,16,19H2,1H3,(H,22,23). The van der Waals surface area contributed by atoms with Crippen LogP contribution in [0, 0.1) is 0 Å². The highest BCUT2D eigenvalue weighted by Gasteiger charge is 2.24. The number of hydrogen-bond acceptors (Lipinski definition) is 2. The summed E-state index contributed by atoms with van der Waals surface area (Å²) in [4.78, 5) is 10.1. The van der Waals surface area contributed by atoms with E-state index in [0.717, 1.165) is 18.4 Å². The fourth-order valence-electron chi connectivity index (χ4n) is 3.02. The summed E-state index contributed by atoms with van der Waals surface area (Å²) in [7, 11) is -3.75. The average molecular weight is 366 g/mol. The van der Waals surface area contributed by atoms with Gasteiger partial charge in [-0.05, 0) is 24.5 Å². The molecule has 1 rings (SSSR count). The second-order valence-electron chi connectivity index (χ2n) is 6.67. The third-order valence-electron chi connectivity index (χ3n) is 4.46. The van der Waals surface area contributed by atoms with Gasteiger partial charge < -0.3 is 9.42 Å². The van der Waals surface area contributed by atoms with Crippen LogP contribution in [0.4, 0.5) is 0 Å². The number of hydrogen-bond donors (Lipinski definition) is 1. The number of benzene rings is 1. The second kappa shape index (κ2) is 13.3. The van der Waals surface area contributed by atoms with E-state index in [1.54, 1.807) is 12.1 Å². The lowest BCUT2D eigenvalue weighted by molar-refractivity contribution is 0.298. The van der Waals surface area contributed by atoms with Gasteiger partial charge in [-0.2, -0.15) is 0 Å². The van der Waals surface area contributed by atoms with Crippen LogP contribution in [0.2, 0.25) is 0 Å². The zero-order valence-electron chi connectivity index (χ0n) is 15.8. The fraction of sp³-hybridized carbons (Fsp3) is 0.619. The first-order valence-corrected chi connectivity index (χ1v) is 11.4. The Balaban J connectivity index is 2.29. The van der Waals surface area contributed by atoms with Crippen molar-refractivity contribution in [3.63, 3.8) is 0 Å². The van der Waals surface area contributed by atoms with Crippen molar-refractivity contribution in [2.75, 3.05) is 6.61 Å². The monoisotopic (exact) mass is 366 g/mol. The lowest BCUT2D eigenvalue weighted by Crippen LogP contribution is -2.13. The molecule has 4 heteroatoms. The zero-order valence-corrected chi connectivity index (χ0v) is 16.7. The van der Waals surface area contributed by atoms with Crippen molar-refractivity contribution in [2.45, 2.75) is 77.6 Å². The van der Waals surface area contributed by atoms with Crippen LogP contribution in [0.1, 0.15) is 76.7 Å². The Morgan fingerprint density at radius 1 is 1.00 bits per heavy atom. The van der Waals surface area contributed by atoms with Gasteiger partial charge in [0.25, 0.3) is 0 Å². The van der Waals surface area contributed by atoms with E-state index in [4.69, 9.17) is 4.52 Å². The summed E-state index contributed by atoms with van der Waals surface area (Å²) >= 11 is 0. The maximum atomic E-state index is 12.4. The first kappa shape index (κ1) is 22.2. The molecule has 0 radical (unpaired) electrons. The van der Waals surface area contributed by atoms with Crippen molar-refractivity contribution in [1.82, 2.24) is 0 Å². The molecule has 0 saturated heterocycles. The van der Waals surface area contributed by atoms with E-state index < -0.39 is 7.60 Å². The molecule has 1 atom stereocenters. The summed E-state index contributed by atoms with van der Waals surface area (Å²) in [5, 5.41) is 0.438. The van der Waals surface area contributed by atoms with E-state index in [-0.39, 0.29) is 6.61 Å². The van der Waals surface area contributed by atoms with Gasteiger partial charge in [-0.25, -0.2) is 0 Å². The quantitative estimate of drug-likeness (QED) is 0.230. The van der Waals surface area contributed by atoms with Crippen LogP contribution in [0.3, 0.4) is 0 Å². The Morgan fingerprint density at radius 2 is 1.56 bits per heavy atom. The number of rotatable bonds is 15. The van der Waals surface area contributed by atoms with Crippen LogP contribution in [0.15, 0.2) is 36.9 Å². The molecule has 0 aliphatic carbocycles. The van der Waals surface area contributed by atoms with Crippen LogP contribution in [-0.4, -0.2) is 11.5 Å². The van der Waals surface area contributed by atoms with E-state index in [0.29, 0.717) is 5.30 Å². The van der Waals surface area contributed by atoms with Crippen LogP contribution >= 0.6 is 7.60 Å². The first-order chi connectivity index (χ1) is 12.1. The lowest BCUT2D eigenvalue weighted by Gasteiger charge is -2.15. The van der Waals surface area contributed by atoms with Crippen molar-refractivity contribution >= 4 is 12.9 Å². The smallest absolute Gasteiger partial charge is 0.321 e. The molecule has 1 N–H and O–H groups in total. The van der Waals surface area contributed by atoms with Crippen LogP contribution in [-0.2, 0) is 15.5 Å². The van der Waals surface area contributed by atoms with Gasteiger partial charge in [-0.3, -0.25) is 4.57 Å². The molecule has 3 nitrogen and oxygen atoms in total. The average Bonchev–Trinajstić information content (AvgIpc) is 2.62. The maximum absolute atomic E-state index is 12.4. The fourth-order valence-corrected chi connectivity index (χ4v) is 4.29. The Morgan fingerprint density at radius 3 is 2.16 bits per heavy atom. The van der Waals surface area contributed by atoms with Crippen LogP contribution < -0.4 is 5.30 Å². The molecule has 0 bridgehead atoms. The Bertz CT molecular complexity index is 528. The van der Waals surface area contributed by atoms with Gasteiger partial charge in [0, 0.05) is 0 Å². The number of aryl methyl sites for hydroxylation is 1. The molecule has 0 fully saturated rings. The van der Waals surface area contributed by atoms with E-state index in [1.807, 2.05) is 12.1 Å². The van der Waals surface area contributed by atoms with Crippen molar-refractivity contribution in [1.29, 1.82) is 0 Å². The SMILES string of the molecule is C=CCOP(=O)(O)c1ccccc1CCCCCCCCCCCC. The molecule has 1 unspecified atom stereocenters. The van der Waals surface area contributed by atoms with Gasteiger partial charge >= 0.3 is 7.60 Å². The topological polar surface area (TPSA) is 46.5 Å². The molecule has 142 valence electrons. The number of unbranched alkanes of at least 4 members (excludes halogenated alkanes) is 9. The van der Waals surface area contributed by atoms with E-state index in [1.165, 1.54) is 63.9 Å². The second-order valence-corrected chi connectivity index (χ2v) is 8.45. The first-order valence-electron chi connectivity index (χ1n) is 9.78. The Hall–Kier alpha value is -0.890. The molecule has 0 amide bonds. The predicted octanol–water partition coefficient (Wildman–Crippen LogP) is 6.16. The van der Waals surface area contributed by atoms with Gasteiger partial charge in [-0.15, -0.1) is 6.58 Å². The molecule has 0 saturated carbocycles. The molecule has 0 aliphatic rings. The van der Waals surface area contributed by atoms with Gasteiger partial charge in [0.1, 0.15) is 0 Å². The van der Waals surface area contributed by atoms with Crippen molar-refractivity contribution in [3.8, 4) is 0 Å². The highest BCUT2D eigenvalue weighted by molar-refractivity contribution is 7.61. The third kappa shape index (κ3) is 9.39. The normalized spacial score (nSPS) is 13.5. The minimum atomic E-state index is -3.75. The third-order valence-corrected chi connectivity index (χ3v) is 6.01. The van der Waals surface area contributed by atoms with E-state index in [9.17, 15) is 9.46 Å². The van der Waals surface area contributed by atoms with Crippen molar-refractivity contribution in [2.24, 2.45) is 0 Å². The molecule has 0 spiro atoms. The summed E-state index contributed by atoms with van der Waals surface area (Å²) in [6, 6.07) is 7.35. The largest absolute Gasteiger partial charge is 0.359 e. The summed E-state index contributed by atoms with van der Waals surface area (Å²) in [5.74, 6) is 0. The molecule has 1 aromatic rings. The molecule has 0 aliphatic heterocycles. The van der Waals surface area contributed by atoms with Crippen molar-refractivity contribution < 1.29 is 14.0 Å². The molecule has 25 heavy (non-hydrogen) atoms. The predicted molar refractivity (Wildman–Crippen MR) is 108 cm³/mol. The summed E-state index contributed by atoms with van der Waals surface area (Å²) in [6.45, 7) is 5.86. The Labute approximate surface area is 154 Å². The maximum Gasteiger partial charge on any atom is 0.359 e. The Kier molecular flexibility index (Phi) is 11.8. The van der Waals surface area contributed by atoms with Gasteiger partial charge in [0.15, 0.2) is 0 Å². The molecule has 0 aromatic heterocycles. The molecular formula is C21H35O3P. The van der Waals surface area contributed by atoms with E-state index >= 15 is 0 Å². The van der Waals surface area contributed by atoms with Crippen molar-refractivity contribution in [3.05, 3.63) is 42.5 Å². The molecular weight excluding hydrogens is 331 g/mol. The van der Waals surface area contributed by atoms with Crippen LogP contribution in [0.25, 0.3) is 0 Å². The molecule has 1 aromatic carbocycles. The lowest BCUT2D eigenvalue weighted by atomic mass is 10.0. The molecule has 0 heterocycles. The highest BCUT2D eigenvalue weighted by atomic mass is 31.2. The van der Waals surface area contributed by atoms with Gasteiger partial charge in [-0.1, -0.05) is 89.0 Å². The van der Waals surface area contributed by atoms with Crippen LogP contribution in [0.5, 0.6) is 0 Å². The van der Waals surface area contributed by atoms with E-state index in [2.05, 4.69) is 13.5 Å². The minimum absolute atomic E-state index is 0.0837. The summed E-state index contributed by atoms with van der Waals surface area (Å²) in [6.07, 6.45) is 15.2. The van der Waals surface area contributed by atoms with Gasteiger partial charge in [0.05, 0.1) is 11.9 Å². The zero-order chi connectivity index (χ0) is 18.4. The minimum Gasteiger partial charge on any atom is -0.321 e. The summed E-state index contributed by atoms with van der Waals surface area (Å²) in [5.41, 5.74) is 0.928. The highest BCUT2D eigenvalue weighted by Crippen LogP contribution is 2.41. The van der Waals surface area contributed by atoms with Gasteiger partial charge in [0.2, 0.25) is 0 Å².